The molecule has 2 bridgehead atoms. The number of pyridine rings is 1. The highest BCUT2D eigenvalue weighted by molar-refractivity contribution is 5.94. The Bertz CT molecular complexity index is 1910. The summed E-state index contributed by atoms with van der Waals surface area (Å²) in [6, 6.07) is 12.8. The third-order valence-electron chi connectivity index (χ3n) is 9.12. The van der Waals surface area contributed by atoms with Crippen LogP contribution in [0.3, 0.4) is 0 Å². The molecule has 2 N–H and O–H groups in total. The number of para-hydroxylation sites is 1. The van der Waals surface area contributed by atoms with Crippen molar-refractivity contribution in [2.24, 2.45) is 17.8 Å². The zero-order valence-electron chi connectivity index (χ0n) is 24.9. The van der Waals surface area contributed by atoms with Crippen molar-refractivity contribution in [1.82, 2.24) is 24.1 Å². The van der Waals surface area contributed by atoms with Crippen LogP contribution in [-0.2, 0) is 14.3 Å². The van der Waals surface area contributed by atoms with Crippen molar-refractivity contribution in [2.45, 2.75) is 52.5 Å². The molecule has 11 heteroatoms. The maximum Gasteiger partial charge on any atom is 0.311 e. The Morgan fingerprint density at radius 3 is 2.61 bits per heavy atom. The zero-order chi connectivity index (χ0) is 30.5. The Labute approximate surface area is 253 Å². The molecule has 44 heavy (non-hydrogen) atoms. The van der Waals surface area contributed by atoms with Crippen molar-refractivity contribution in [3.63, 3.8) is 0 Å². The van der Waals surface area contributed by atoms with Crippen molar-refractivity contribution in [3.05, 3.63) is 66.2 Å². The predicted molar refractivity (Wildman–Crippen MR) is 165 cm³/mol. The summed E-state index contributed by atoms with van der Waals surface area (Å²) in [5.74, 6) is 0.675. The molecule has 1 amide bonds. The summed E-state index contributed by atoms with van der Waals surface area (Å²) in [6.07, 6.45) is 7.14. The van der Waals surface area contributed by atoms with Gasteiger partial charge in [-0.25, -0.2) is 18.9 Å². The minimum absolute atomic E-state index is 0.167. The van der Waals surface area contributed by atoms with E-state index >= 15 is 0 Å². The Balaban J connectivity index is 1.41. The van der Waals surface area contributed by atoms with Crippen molar-refractivity contribution >= 4 is 40.1 Å². The maximum absolute atomic E-state index is 14.7. The molecule has 0 radical (unpaired) electrons. The number of carbonyl (C=O) groups excluding carboxylic acids is 2. The Morgan fingerprint density at radius 2 is 1.86 bits per heavy atom. The van der Waals surface area contributed by atoms with Crippen LogP contribution in [0.2, 0.25) is 0 Å². The fourth-order valence-corrected chi connectivity index (χ4v) is 7.16. The molecule has 3 fully saturated rings. The number of esters is 1. The molecule has 5 aromatic rings. The molecule has 0 saturated heterocycles. The summed E-state index contributed by atoms with van der Waals surface area (Å²) in [7, 11) is 0. The second-order valence-corrected chi connectivity index (χ2v) is 11.8. The molecule has 4 heterocycles. The number of aryl methyl sites for hydroxylation is 1. The molecule has 3 saturated carbocycles. The Hall–Kier alpha value is -4.80. The van der Waals surface area contributed by atoms with Gasteiger partial charge in [0.1, 0.15) is 22.8 Å². The molecule has 226 valence electrons. The summed E-state index contributed by atoms with van der Waals surface area (Å²) >= 11 is 0. The standard InChI is InChI=1S/C33H34FN7O3/c1-4-44-33(43)28-20-9-11-21(12-10-20)29(28)37-31-26-13-14-27(36-19(3)42)41(26)39-30(38-31)24-17-40(25-8-6-5-7-18(25)2)32-23(24)15-22(34)16-35-32/h5-8,13-17,20-21,28-29H,4,9-12H2,1-3H3,(H,36,42)(H,37,38,39)/t20?,21?,28-,29-/m1/s1. The number of anilines is 2. The van der Waals surface area contributed by atoms with E-state index in [4.69, 9.17) is 14.8 Å². The molecule has 2 atom stereocenters. The van der Waals surface area contributed by atoms with Gasteiger partial charge < -0.3 is 19.9 Å². The van der Waals surface area contributed by atoms with Crippen LogP contribution in [-0.4, -0.2) is 48.7 Å². The van der Waals surface area contributed by atoms with E-state index < -0.39 is 5.82 Å². The molecule has 4 aromatic heterocycles. The first-order chi connectivity index (χ1) is 21.3. The van der Waals surface area contributed by atoms with Crippen LogP contribution in [0.5, 0.6) is 0 Å². The van der Waals surface area contributed by atoms with Gasteiger partial charge in [-0.3, -0.25) is 9.59 Å². The normalized spacial score (nSPS) is 21.1. The predicted octanol–water partition coefficient (Wildman–Crippen LogP) is 5.92. The van der Waals surface area contributed by atoms with Crippen LogP contribution in [0.1, 0.15) is 45.1 Å². The van der Waals surface area contributed by atoms with E-state index in [0.29, 0.717) is 52.1 Å². The van der Waals surface area contributed by atoms with Gasteiger partial charge in [-0.05, 0) is 81.2 Å². The first-order valence-corrected chi connectivity index (χ1v) is 15.2. The number of aromatic nitrogens is 5. The van der Waals surface area contributed by atoms with Gasteiger partial charge in [0.15, 0.2) is 11.6 Å². The van der Waals surface area contributed by atoms with E-state index in [9.17, 15) is 14.0 Å². The first kappa shape index (κ1) is 28.0. The van der Waals surface area contributed by atoms with Crippen LogP contribution < -0.4 is 10.6 Å². The van der Waals surface area contributed by atoms with Gasteiger partial charge >= 0.3 is 5.97 Å². The fourth-order valence-electron chi connectivity index (χ4n) is 7.16. The molecule has 0 unspecified atom stereocenters. The maximum atomic E-state index is 14.7. The lowest BCUT2D eigenvalue weighted by molar-refractivity contribution is -0.154. The van der Waals surface area contributed by atoms with E-state index in [1.54, 1.807) is 10.6 Å². The highest BCUT2D eigenvalue weighted by Gasteiger charge is 2.48. The van der Waals surface area contributed by atoms with Crippen molar-refractivity contribution < 1.29 is 18.7 Å². The van der Waals surface area contributed by atoms with Crippen molar-refractivity contribution in [3.8, 4) is 17.1 Å². The fraction of sp³-hybridized carbons (Fsp3) is 0.364. The second kappa shape index (κ2) is 11.0. The molecule has 0 aliphatic heterocycles. The molecule has 3 aliphatic carbocycles. The van der Waals surface area contributed by atoms with Gasteiger partial charge in [-0.2, -0.15) is 0 Å². The van der Waals surface area contributed by atoms with Crippen LogP contribution in [0.4, 0.5) is 16.0 Å². The lowest BCUT2D eigenvalue weighted by Crippen LogP contribution is -2.52. The molecule has 10 nitrogen and oxygen atoms in total. The van der Waals surface area contributed by atoms with Crippen LogP contribution in [0, 0.1) is 30.5 Å². The van der Waals surface area contributed by atoms with Crippen molar-refractivity contribution in [1.29, 1.82) is 0 Å². The minimum Gasteiger partial charge on any atom is -0.466 e. The molecule has 0 spiro atoms. The second-order valence-electron chi connectivity index (χ2n) is 11.8. The third kappa shape index (κ3) is 4.76. The van der Waals surface area contributed by atoms with E-state index in [0.717, 1.165) is 36.9 Å². The van der Waals surface area contributed by atoms with Crippen molar-refractivity contribution in [2.75, 3.05) is 17.2 Å². The summed E-state index contributed by atoms with van der Waals surface area (Å²) in [6.45, 7) is 5.60. The highest BCUT2D eigenvalue weighted by Crippen LogP contribution is 2.47. The molecule has 8 rings (SSSR count). The lowest BCUT2D eigenvalue weighted by Gasteiger charge is -2.47. The smallest absolute Gasteiger partial charge is 0.311 e. The summed E-state index contributed by atoms with van der Waals surface area (Å²) < 4.78 is 23.8. The summed E-state index contributed by atoms with van der Waals surface area (Å²) in [5.41, 5.74) is 3.72. The number of rotatable bonds is 7. The van der Waals surface area contributed by atoms with Crippen LogP contribution >= 0.6 is 0 Å². The summed E-state index contributed by atoms with van der Waals surface area (Å²) in [4.78, 5) is 34.8. The lowest BCUT2D eigenvalue weighted by atomic mass is 9.61. The van der Waals surface area contributed by atoms with Gasteiger partial charge in [-0.15, -0.1) is 5.10 Å². The molecular formula is C33H34FN7O3. The van der Waals surface area contributed by atoms with E-state index in [1.807, 2.05) is 54.9 Å². The van der Waals surface area contributed by atoms with Gasteiger partial charge in [0, 0.05) is 35.8 Å². The number of hydrogen-bond acceptors (Lipinski definition) is 7. The zero-order valence-corrected chi connectivity index (χ0v) is 24.9. The van der Waals surface area contributed by atoms with Crippen LogP contribution in [0.15, 0.2) is 54.9 Å². The number of benzene rings is 1. The number of nitrogens with zero attached hydrogens (tertiary/aromatic N) is 5. The number of amides is 1. The van der Waals surface area contributed by atoms with Gasteiger partial charge in [0.2, 0.25) is 5.91 Å². The van der Waals surface area contributed by atoms with Gasteiger partial charge in [-0.1, -0.05) is 18.2 Å². The SMILES string of the molecule is CCOC(=O)[C@@H]1C2CCC(CC2)[C@H]1Nc1nc(-c2cn(-c3ccccc3C)c3ncc(F)cc23)nn2c(NC(C)=O)ccc12. The monoisotopic (exact) mass is 595 g/mol. The number of halogens is 1. The van der Waals surface area contributed by atoms with E-state index in [1.165, 1.54) is 19.2 Å². The van der Waals surface area contributed by atoms with Gasteiger partial charge in [0.05, 0.1) is 18.7 Å². The minimum atomic E-state index is -0.476. The number of hydrogen-bond donors (Lipinski definition) is 2. The highest BCUT2D eigenvalue weighted by atomic mass is 19.1. The number of fused-ring (bicyclic) bond motifs is 5. The average Bonchev–Trinajstić information content (AvgIpc) is 3.59. The Morgan fingerprint density at radius 1 is 1.09 bits per heavy atom. The van der Waals surface area contributed by atoms with Crippen LogP contribution in [0.25, 0.3) is 33.6 Å². The molecule has 3 aliphatic rings. The average molecular weight is 596 g/mol. The third-order valence-corrected chi connectivity index (χ3v) is 9.12. The quantitative estimate of drug-likeness (QED) is 0.225. The van der Waals surface area contributed by atoms with E-state index in [2.05, 4.69) is 15.6 Å². The molecule has 1 aromatic carbocycles. The largest absolute Gasteiger partial charge is 0.466 e. The Kier molecular flexibility index (Phi) is 7.02. The number of carbonyl (C=O) groups is 2. The number of nitrogens with one attached hydrogen (secondary N) is 2. The first-order valence-electron chi connectivity index (χ1n) is 15.2. The van der Waals surface area contributed by atoms with Gasteiger partial charge in [0.25, 0.3) is 0 Å². The summed E-state index contributed by atoms with van der Waals surface area (Å²) in [5, 5.41) is 11.9. The van der Waals surface area contributed by atoms with E-state index in [-0.39, 0.29) is 29.8 Å². The number of ether oxygens (including phenoxy) is 1. The topological polar surface area (TPSA) is 115 Å². The molecular weight excluding hydrogens is 561 g/mol.